The van der Waals surface area contributed by atoms with Gasteiger partial charge in [0.05, 0.1) is 5.52 Å². The average molecular weight is 418 g/mol. The van der Waals surface area contributed by atoms with Crippen LogP contribution in [-0.4, -0.2) is 28.1 Å². The zero-order chi connectivity index (χ0) is 21.1. The van der Waals surface area contributed by atoms with E-state index in [9.17, 15) is 14.4 Å². The number of nitrogens with zero attached hydrogens (tertiary/aromatic N) is 1. The summed E-state index contributed by atoms with van der Waals surface area (Å²) >= 11 is 1.56. The highest BCUT2D eigenvalue weighted by Crippen LogP contribution is 2.25. The van der Waals surface area contributed by atoms with Crippen molar-refractivity contribution in [3.8, 4) is 11.1 Å². The number of carbonyl (C=O) groups excluding carboxylic acids is 1. The number of rotatable bonds is 6. The molecule has 4 rings (SSSR count). The van der Waals surface area contributed by atoms with Crippen LogP contribution in [0.2, 0.25) is 0 Å². The third kappa shape index (κ3) is 4.01. The van der Waals surface area contributed by atoms with Crippen LogP contribution >= 0.6 is 11.3 Å². The first-order chi connectivity index (χ1) is 14.5. The van der Waals surface area contributed by atoms with Crippen molar-refractivity contribution in [2.75, 3.05) is 6.54 Å². The normalized spacial score (nSPS) is 10.8. The maximum absolute atomic E-state index is 13.1. The smallest absolute Gasteiger partial charge is 0.322 e. The van der Waals surface area contributed by atoms with Gasteiger partial charge < -0.3 is 15.0 Å². The molecule has 7 heteroatoms. The molecule has 2 N–H and O–H groups in total. The van der Waals surface area contributed by atoms with E-state index in [2.05, 4.69) is 5.32 Å². The fourth-order valence-corrected chi connectivity index (χ4v) is 3.99. The molecule has 1 amide bonds. The molecule has 0 aliphatic carbocycles. The minimum atomic E-state index is -1.17. The number of pyridine rings is 1. The fraction of sp³-hybridized carbons (Fsp3) is 0.0870. The van der Waals surface area contributed by atoms with Gasteiger partial charge in [0, 0.05) is 18.1 Å². The zero-order valence-electron chi connectivity index (χ0n) is 15.9. The van der Waals surface area contributed by atoms with E-state index in [1.807, 2.05) is 63.9 Å². The minimum absolute atomic E-state index is 0.0813. The van der Waals surface area contributed by atoms with E-state index in [4.69, 9.17) is 5.11 Å². The number of fused-ring (bicyclic) bond motifs is 1. The summed E-state index contributed by atoms with van der Waals surface area (Å²) in [5, 5.41) is 15.5. The third-order valence-corrected chi connectivity index (χ3v) is 5.46. The summed E-state index contributed by atoms with van der Waals surface area (Å²) in [6, 6.07) is 17.3. The zero-order valence-corrected chi connectivity index (χ0v) is 16.7. The fourth-order valence-electron chi connectivity index (χ4n) is 3.33. The highest BCUT2D eigenvalue weighted by atomic mass is 32.1. The van der Waals surface area contributed by atoms with Crippen molar-refractivity contribution in [2.45, 2.75) is 6.54 Å². The van der Waals surface area contributed by atoms with Crippen molar-refractivity contribution in [1.29, 1.82) is 0 Å². The van der Waals surface area contributed by atoms with Crippen molar-refractivity contribution in [3.63, 3.8) is 0 Å². The van der Waals surface area contributed by atoms with Gasteiger partial charge in [-0.2, -0.15) is 11.3 Å². The summed E-state index contributed by atoms with van der Waals surface area (Å²) in [4.78, 5) is 36.5. The molecule has 150 valence electrons. The molecule has 0 bridgehead atoms. The lowest BCUT2D eigenvalue weighted by molar-refractivity contribution is -0.135. The highest BCUT2D eigenvalue weighted by Gasteiger charge is 2.17. The SMILES string of the molecule is O=C(O)CNC(=O)c1cn(Cc2ccccc2)c2ccc(-c3ccsc3)cc2c1=O. The molecule has 2 heterocycles. The van der Waals surface area contributed by atoms with Gasteiger partial charge in [-0.1, -0.05) is 36.4 Å². The molecular formula is C23H18N2O4S. The average Bonchev–Trinajstić information content (AvgIpc) is 3.29. The maximum Gasteiger partial charge on any atom is 0.322 e. The van der Waals surface area contributed by atoms with Crippen LogP contribution in [0.25, 0.3) is 22.0 Å². The Labute approximate surface area is 176 Å². The molecule has 2 aromatic carbocycles. The predicted octanol–water partition coefficient (Wildman–Crippen LogP) is 3.59. The molecule has 0 unspecified atom stereocenters. The van der Waals surface area contributed by atoms with Gasteiger partial charge >= 0.3 is 5.97 Å². The number of aromatic nitrogens is 1. The van der Waals surface area contributed by atoms with Crippen LogP contribution in [0.1, 0.15) is 15.9 Å². The molecule has 0 radical (unpaired) electrons. The standard InChI is InChI=1S/C23H18N2O4S/c26-21(27)11-24-23(29)19-13-25(12-15-4-2-1-3-5-15)20-7-6-16(10-18(20)22(19)28)17-8-9-30-14-17/h1-10,13-14H,11-12H2,(H,24,29)(H,26,27). The Morgan fingerprint density at radius 1 is 1.03 bits per heavy atom. The van der Waals surface area contributed by atoms with Crippen LogP contribution in [-0.2, 0) is 11.3 Å². The van der Waals surface area contributed by atoms with Gasteiger partial charge in [0.1, 0.15) is 12.1 Å². The van der Waals surface area contributed by atoms with Crippen molar-refractivity contribution in [2.24, 2.45) is 0 Å². The van der Waals surface area contributed by atoms with Crippen LogP contribution in [0.4, 0.5) is 0 Å². The van der Waals surface area contributed by atoms with E-state index in [1.54, 1.807) is 17.4 Å². The number of carboxylic acids is 1. The van der Waals surface area contributed by atoms with E-state index in [0.717, 1.165) is 16.7 Å². The van der Waals surface area contributed by atoms with Crippen LogP contribution in [0.15, 0.2) is 76.3 Å². The first-order valence-electron chi connectivity index (χ1n) is 9.26. The number of hydrogen-bond donors (Lipinski definition) is 2. The second-order valence-corrected chi connectivity index (χ2v) is 7.59. The Morgan fingerprint density at radius 3 is 2.53 bits per heavy atom. The first-order valence-corrected chi connectivity index (χ1v) is 10.2. The Kier molecular flexibility index (Phi) is 5.45. The van der Waals surface area contributed by atoms with Gasteiger partial charge in [0.15, 0.2) is 0 Å². The lowest BCUT2D eigenvalue weighted by atomic mass is 10.0. The number of nitrogens with one attached hydrogen (secondary N) is 1. The van der Waals surface area contributed by atoms with Crippen molar-refractivity contribution >= 4 is 34.1 Å². The molecule has 0 aliphatic heterocycles. The van der Waals surface area contributed by atoms with Gasteiger partial charge in [-0.05, 0) is 45.6 Å². The van der Waals surface area contributed by atoms with E-state index >= 15 is 0 Å². The van der Waals surface area contributed by atoms with Gasteiger partial charge in [0.2, 0.25) is 5.43 Å². The molecular weight excluding hydrogens is 400 g/mol. The number of carboxylic acid groups (broad SMARTS) is 1. The number of thiophene rings is 1. The molecule has 6 nitrogen and oxygen atoms in total. The van der Waals surface area contributed by atoms with E-state index < -0.39 is 23.9 Å². The summed E-state index contributed by atoms with van der Waals surface area (Å²) in [5.74, 6) is -1.87. The first kappa shape index (κ1) is 19.6. The van der Waals surface area contributed by atoms with Crippen LogP contribution < -0.4 is 10.7 Å². The topological polar surface area (TPSA) is 88.4 Å². The van der Waals surface area contributed by atoms with Crippen molar-refractivity contribution in [1.82, 2.24) is 9.88 Å². The number of hydrogen-bond acceptors (Lipinski definition) is 4. The van der Waals surface area contributed by atoms with Crippen molar-refractivity contribution in [3.05, 3.63) is 92.9 Å². The maximum atomic E-state index is 13.1. The summed E-state index contributed by atoms with van der Waals surface area (Å²) in [6.07, 6.45) is 1.50. The van der Waals surface area contributed by atoms with Crippen LogP contribution in [0.3, 0.4) is 0 Å². The molecule has 0 aliphatic rings. The summed E-state index contributed by atoms with van der Waals surface area (Å²) in [5.41, 5.74) is 3.10. The predicted molar refractivity (Wildman–Crippen MR) is 117 cm³/mol. The monoisotopic (exact) mass is 418 g/mol. The Balaban J connectivity index is 1.87. The van der Waals surface area contributed by atoms with Crippen LogP contribution in [0.5, 0.6) is 0 Å². The molecule has 2 aromatic heterocycles. The van der Waals surface area contributed by atoms with E-state index in [0.29, 0.717) is 17.4 Å². The number of amides is 1. The third-order valence-electron chi connectivity index (χ3n) is 4.78. The molecule has 0 saturated carbocycles. The molecule has 0 fully saturated rings. The second-order valence-electron chi connectivity index (χ2n) is 6.81. The number of carbonyl (C=O) groups is 2. The largest absolute Gasteiger partial charge is 0.480 e. The molecule has 30 heavy (non-hydrogen) atoms. The number of aliphatic carboxylic acids is 1. The Morgan fingerprint density at radius 2 is 1.83 bits per heavy atom. The Bertz CT molecular complexity index is 1280. The summed E-state index contributed by atoms with van der Waals surface area (Å²) in [7, 11) is 0. The molecule has 0 saturated heterocycles. The second kappa shape index (κ2) is 8.34. The van der Waals surface area contributed by atoms with Gasteiger partial charge in [0.25, 0.3) is 5.91 Å². The summed E-state index contributed by atoms with van der Waals surface area (Å²) in [6.45, 7) is -0.0848. The highest BCUT2D eigenvalue weighted by molar-refractivity contribution is 7.08. The van der Waals surface area contributed by atoms with Crippen molar-refractivity contribution < 1.29 is 14.7 Å². The van der Waals surface area contributed by atoms with Gasteiger partial charge in [-0.25, -0.2) is 0 Å². The molecule has 0 atom stereocenters. The lowest BCUT2D eigenvalue weighted by Gasteiger charge is -2.14. The lowest BCUT2D eigenvalue weighted by Crippen LogP contribution is -2.33. The molecule has 4 aromatic rings. The summed E-state index contributed by atoms with van der Waals surface area (Å²) < 4.78 is 1.85. The van der Waals surface area contributed by atoms with Gasteiger partial charge in [-0.15, -0.1) is 0 Å². The van der Waals surface area contributed by atoms with Crippen LogP contribution in [0, 0.1) is 0 Å². The van der Waals surface area contributed by atoms with E-state index in [1.165, 1.54) is 6.20 Å². The molecule has 0 spiro atoms. The minimum Gasteiger partial charge on any atom is -0.480 e. The number of benzene rings is 2. The van der Waals surface area contributed by atoms with E-state index in [-0.39, 0.29) is 5.56 Å². The Hall–Kier alpha value is -3.71. The van der Waals surface area contributed by atoms with Gasteiger partial charge in [-0.3, -0.25) is 14.4 Å². The quantitative estimate of drug-likeness (QED) is 0.501.